The van der Waals surface area contributed by atoms with Crippen molar-refractivity contribution < 1.29 is 24.3 Å². The number of ketones is 1. The molecular weight excluding hydrogens is 410 g/mol. The number of amides is 2. The smallest absolute Gasteiger partial charge is 0.289 e. The summed E-state index contributed by atoms with van der Waals surface area (Å²) in [4.78, 5) is 36.9. The molecule has 1 heterocycles. The maximum Gasteiger partial charge on any atom is 0.289 e. The van der Waals surface area contributed by atoms with Gasteiger partial charge in [0.25, 0.3) is 17.6 Å². The van der Waals surface area contributed by atoms with Crippen LogP contribution in [-0.4, -0.2) is 45.1 Å². The van der Waals surface area contributed by atoms with Crippen LogP contribution in [-0.2, 0) is 22.6 Å². The average Bonchev–Trinajstić information content (AvgIpc) is 3.10. The van der Waals surface area contributed by atoms with E-state index in [0.29, 0.717) is 34.6 Å². The van der Waals surface area contributed by atoms with Gasteiger partial charge in [0.15, 0.2) is 6.61 Å². The van der Waals surface area contributed by atoms with Crippen LogP contribution in [0.25, 0.3) is 10.9 Å². The van der Waals surface area contributed by atoms with E-state index in [1.807, 2.05) is 47.9 Å². The Hall–Kier alpha value is -3.65. The van der Waals surface area contributed by atoms with Gasteiger partial charge in [-0.1, -0.05) is 43.3 Å². The number of nitrogens with two attached hydrogens (primary N) is 1. The number of carbonyl (C=O) groups excluding carboxylic acids is 3. The van der Waals surface area contributed by atoms with E-state index in [4.69, 9.17) is 10.5 Å². The second kappa shape index (κ2) is 9.65. The van der Waals surface area contributed by atoms with Gasteiger partial charge in [-0.05, 0) is 38.0 Å². The van der Waals surface area contributed by atoms with Gasteiger partial charge in [-0.25, -0.2) is 5.06 Å². The van der Waals surface area contributed by atoms with Gasteiger partial charge in [-0.15, -0.1) is 0 Å². The molecule has 2 aromatic carbocycles. The molecule has 0 aliphatic carbocycles. The van der Waals surface area contributed by atoms with Crippen LogP contribution >= 0.6 is 0 Å². The van der Waals surface area contributed by atoms with E-state index in [1.165, 1.54) is 0 Å². The van der Waals surface area contributed by atoms with Crippen molar-refractivity contribution in [3.63, 3.8) is 0 Å². The van der Waals surface area contributed by atoms with Crippen molar-refractivity contribution in [1.29, 1.82) is 0 Å². The molecule has 32 heavy (non-hydrogen) atoms. The van der Waals surface area contributed by atoms with Gasteiger partial charge >= 0.3 is 0 Å². The monoisotopic (exact) mass is 437 g/mol. The van der Waals surface area contributed by atoms with E-state index in [9.17, 15) is 19.6 Å². The minimum atomic E-state index is -1.06. The number of ether oxygens (including phenoxy) is 1. The Bertz CT molecular complexity index is 1150. The summed E-state index contributed by atoms with van der Waals surface area (Å²) in [6, 6.07) is 14.5. The van der Waals surface area contributed by atoms with Crippen LogP contribution in [0.15, 0.2) is 48.5 Å². The summed E-state index contributed by atoms with van der Waals surface area (Å²) < 4.78 is 7.68. The first kappa shape index (κ1) is 23.0. The van der Waals surface area contributed by atoms with Crippen molar-refractivity contribution >= 4 is 28.5 Å². The number of carbonyl (C=O) groups is 3. The number of Topliss-reactive ketones (excluding diaryl/α,β-unsaturated/α-hetero) is 1. The van der Waals surface area contributed by atoms with Crippen molar-refractivity contribution in [3.05, 3.63) is 65.4 Å². The number of hydroxylamine groups is 2. The third kappa shape index (κ3) is 4.50. The zero-order valence-electron chi connectivity index (χ0n) is 18.4. The van der Waals surface area contributed by atoms with Crippen molar-refractivity contribution in [1.82, 2.24) is 9.63 Å². The molecule has 0 saturated heterocycles. The Morgan fingerprint density at radius 1 is 1.09 bits per heavy atom. The molecule has 8 heteroatoms. The molecule has 0 aliphatic heterocycles. The first-order valence-corrected chi connectivity index (χ1v) is 10.4. The lowest BCUT2D eigenvalue weighted by Gasteiger charge is -2.19. The van der Waals surface area contributed by atoms with E-state index >= 15 is 0 Å². The summed E-state index contributed by atoms with van der Waals surface area (Å²) in [5.74, 6) is -2.24. The first-order chi connectivity index (χ1) is 15.3. The molecule has 3 rings (SSSR count). The molecule has 0 aliphatic rings. The molecule has 2 amide bonds. The van der Waals surface area contributed by atoms with Crippen LogP contribution in [0.1, 0.15) is 42.4 Å². The molecule has 0 spiro atoms. The highest BCUT2D eigenvalue weighted by atomic mass is 16.5. The molecule has 3 aromatic rings. The van der Waals surface area contributed by atoms with Crippen LogP contribution in [0.2, 0.25) is 0 Å². The van der Waals surface area contributed by atoms with Crippen LogP contribution in [0.5, 0.6) is 5.75 Å². The summed E-state index contributed by atoms with van der Waals surface area (Å²) in [6.07, 6.45) is 0.478. The topological polar surface area (TPSA) is 115 Å². The molecule has 168 valence electrons. The summed E-state index contributed by atoms with van der Waals surface area (Å²) >= 11 is 0. The number of aromatic nitrogens is 1. The van der Waals surface area contributed by atoms with E-state index in [0.717, 1.165) is 5.56 Å². The summed E-state index contributed by atoms with van der Waals surface area (Å²) in [5, 5.41) is 10.8. The third-order valence-electron chi connectivity index (χ3n) is 5.22. The second-order valence-electron chi connectivity index (χ2n) is 7.71. The minimum Gasteiger partial charge on any atom is -0.483 e. The maximum absolute atomic E-state index is 12.8. The molecule has 0 unspecified atom stereocenters. The fourth-order valence-corrected chi connectivity index (χ4v) is 3.72. The predicted molar refractivity (Wildman–Crippen MR) is 120 cm³/mol. The molecule has 0 atom stereocenters. The summed E-state index contributed by atoms with van der Waals surface area (Å²) in [6.45, 7) is 5.28. The quantitative estimate of drug-likeness (QED) is 0.231. The lowest BCUT2D eigenvalue weighted by atomic mass is 10.0. The zero-order chi connectivity index (χ0) is 23.4. The van der Waals surface area contributed by atoms with Crippen molar-refractivity contribution in [2.24, 2.45) is 5.73 Å². The Morgan fingerprint density at radius 2 is 1.78 bits per heavy atom. The standard InChI is InChI=1S/C24H27N3O5/c1-4-17-22(23(29)24(25)30)21-18(26(17)13-16-9-6-5-7-10-16)11-8-12-19(21)32-14-20(28)27(31)15(2)3/h5-12,15,31H,4,13-14H2,1-3H3,(H2,25,30). The lowest BCUT2D eigenvalue weighted by Crippen LogP contribution is -2.37. The van der Waals surface area contributed by atoms with E-state index in [2.05, 4.69) is 0 Å². The largest absolute Gasteiger partial charge is 0.483 e. The fourth-order valence-electron chi connectivity index (χ4n) is 3.72. The Morgan fingerprint density at radius 3 is 2.38 bits per heavy atom. The van der Waals surface area contributed by atoms with Crippen molar-refractivity contribution in [2.75, 3.05) is 6.61 Å². The number of primary amides is 1. The van der Waals surface area contributed by atoms with Gasteiger partial charge in [0.2, 0.25) is 0 Å². The molecule has 1 aromatic heterocycles. The van der Waals surface area contributed by atoms with Gasteiger partial charge in [0.1, 0.15) is 5.75 Å². The number of nitrogens with zero attached hydrogens (tertiary/aromatic N) is 2. The van der Waals surface area contributed by atoms with Gasteiger partial charge in [0.05, 0.1) is 22.5 Å². The average molecular weight is 437 g/mol. The minimum absolute atomic E-state index is 0.179. The fraction of sp³-hybridized carbons (Fsp3) is 0.292. The molecule has 0 saturated carbocycles. The summed E-state index contributed by atoms with van der Waals surface area (Å²) in [7, 11) is 0. The Labute approximate surface area is 186 Å². The van der Waals surface area contributed by atoms with Gasteiger partial charge in [-0.2, -0.15) is 0 Å². The highest BCUT2D eigenvalue weighted by Crippen LogP contribution is 2.35. The molecule has 0 radical (unpaired) electrons. The maximum atomic E-state index is 12.8. The first-order valence-electron chi connectivity index (χ1n) is 10.4. The van der Waals surface area contributed by atoms with Crippen LogP contribution < -0.4 is 10.5 Å². The second-order valence-corrected chi connectivity index (χ2v) is 7.71. The Kier molecular flexibility index (Phi) is 6.95. The number of hydrogen-bond donors (Lipinski definition) is 2. The van der Waals surface area contributed by atoms with Gasteiger partial charge in [-0.3, -0.25) is 19.6 Å². The highest BCUT2D eigenvalue weighted by molar-refractivity contribution is 6.45. The van der Waals surface area contributed by atoms with E-state index in [-0.39, 0.29) is 11.3 Å². The molecule has 3 N–H and O–H groups in total. The number of fused-ring (bicyclic) bond motifs is 1. The number of rotatable bonds is 9. The van der Waals surface area contributed by atoms with E-state index in [1.54, 1.807) is 26.0 Å². The molecule has 8 nitrogen and oxygen atoms in total. The highest BCUT2D eigenvalue weighted by Gasteiger charge is 2.27. The molecule has 0 bridgehead atoms. The van der Waals surface area contributed by atoms with Crippen LogP contribution in [0, 0.1) is 0 Å². The van der Waals surface area contributed by atoms with Gasteiger partial charge in [0, 0.05) is 12.2 Å². The van der Waals surface area contributed by atoms with Crippen LogP contribution in [0.4, 0.5) is 0 Å². The van der Waals surface area contributed by atoms with Crippen molar-refractivity contribution in [2.45, 2.75) is 39.8 Å². The summed E-state index contributed by atoms with van der Waals surface area (Å²) in [5.41, 5.74) is 7.90. The predicted octanol–water partition coefficient (Wildman–Crippen LogP) is 2.93. The molecular formula is C24H27N3O5. The molecule has 0 fully saturated rings. The Balaban J connectivity index is 2.15. The zero-order valence-corrected chi connectivity index (χ0v) is 18.4. The SMILES string of the molecule is CCc1c(C(=O)C(N)=O)c2c(OCC(=O)N(O)C(C)C)cccc2n1Cc1ccccc1. The van der Waals surface area contributed by atoms with E-state index < -0.39 is 30.2 Å². The normalized spacial score (nSPS) is 11.0. The number of benzene rings is 2. The van der Waals surface area contributed by atoms with Crippen molar-refractivity contribution in [3.8, 4) is 5.75 Å². The lowest BCUT2D eigenvalue weighted by molar-refractivity contribution is -0.174. The number of hydrogen-bond acceptors (Lipinski definition) is 5. The van der Waals surface area contributed by atoms with Gasteiger partial charge < -0.3 is 15.0 Å². The third-order valence-corrected chi connectivity index (χ3v) is 5.22. The van der Waals surface area contributed by atoms with Crippen LogP contribution in [0.3, 0.4) is 0 Å².